The summed E-state index contributed by atoms with van der Waals surface area (Å²) in [7, 11) is 1.23. The lowest BCUT2D eigenvalue weighted by Gasteiger charge is -2.25. The maximum Gasteiger partial charge on any atom is 0.416 e. The molecule has 0 radical (unpaired) electrons. The van der Waals surface area contributed by atoms with Crippen molar-refractivity contribution in [3.05, 3.63) is 70.5 Å². The van der Waals surface area contributed by atoms with Crippen LogP contribution in [0.2, 0.25) is 0 Å². The topological polar surface area (TPSA) is 38.3 Å². The first-order chi connectivity index (χ1) is 14.9. The number of methoxy groups -OCH3 is 1. The summed E-state index contributed by atoms with van der Waals surface area (Å²) >= 11 is 0. The fraction of sp³-hybridized carbons (Fsp3) is 0.409. The molecule has 3 nitrogen and oxygen atoms in total. The van der Waals surface area contributed by atoms with Crippen LogP contribution < -0.4 is 5.32 Å². The number of ether oxygens (including phenoxy) is 1. The van der Waals surface area contributed by atoms with Crippen LogP contribution in [0, 0.1) is 11.7 Å². The number of esters is 1. The van der Waals surface area contributed by atoms with Gasteiger partial charge in [-0.1, -0.05) is 12.1 Å². The molecule has 0 saturated heterocycles. The van der Waals surface area contributed by atoms with Gasteiger partial charge >= 0.3 is 18.3 Å². The number of hydrogen-bond acceptors (Lipinski definition) is 3. The Balaban J connectivity index is 1.87. The van der Waals surface area contributed by atoms with Gasteiger partial charge < -0.3 is 10.1 Å². The van der Waals surface area contributed by atoms with E-state index in [0.29, 0.717) is 30.5 Å². The van der Waals surface area contributed by atoms with Gasteiger partial charge in [0.05, 0.1) is 24.2 Å². The van der Waals surface area contributed by atoms with Crippen LogP contribution in [0.4, 0.5) is 30.7 Å². The summed E-state index contributed by atoms with van der Waals surface area (Å²) in [5.41, 5.74) is -2.35. The van der Waals surface area contributed by atoms with E-state index in [2.05, 4.69) is 5.32 Å². The molecule has 32 heavy (non-hydrogen) atoms. The average Bonchev–Trinajstić information content (AvgIpc) is 3.14. The predicted octanol–water partition coefficient (Wildman–Crippen LogP) is 5.69. The van der Waals surface area contributed by atoms with Crippen LogP contribution in [-0.2, 0) is 28.4 Å². The van der Waals surface area contributed by atoms with E-state index in [1.54, 1.807) is 0 Å². The zero-order valence-electron chi connectivity index (χ0n) is 16.9. The first-order valence-corrected chi connectivity index (χ1v) is 9.75. The zero-order valence-corrected chi connectivity index (χ0v) is 16.9. The SMILES string of the molecule is COC(=O)[C@H]1CC[C@H](NCc2cc(C(F)(F)F)cc(C(F)(F)F)c2)[C@@H]1c1ccc(F)cc1. The Kier molecular flexibility index (Phi) is 6.83. The van der Waals surface area contributed by atoms with E-state index in [9.17, 15) is 35.5 Å². The van der Waals surface area contributed by atoms with E-state index in [1.165, 1.54) is 31.4 Å². The maximum atomic E-state index is 13.3. The highest BCUT2D eigenvalue weighted by Crippen LogP contribution is 2.41. The van der Waals surface area contributed by atoms with Crippen molar-refractivity contribution < 1.29 is 40.3 Å². The molecule has 3 rings (SSSR count). The van der Waals surface area contributed by atoms with Gasteiger partial charge in [-0.15, -0.1) is 0 Å². The number of carbonyl (C=O) groups excluding carboxylic acids is 1. The molecule has 0 bridgehead atoms. The van der Waals surface area contributed by atoms with Gasteiger partial charge in [0, 0.05) is 18.5 Å². The molecular formula is C22H20F7NO2. The standard InChI is InChI=1S/C22H20F7NO2/c1-32-20(31)17-6-7-18(19(17)13-2-4-16(23)5-3-13)30-11-12-8-14(21(24,25)26)10-15(9-12)22(27,28)29/h2-5,8-10,17-19,30H,6-7,11H2,1H3/t17-,18-,19+/m0/s1. The summed E-state index contributed by atoms with van der Waals surface area (Å²) < 4.78 is 96.8. The largest absolute Gasteiger partial charge is 0.469 e. The molecule has 0 aromatic heterocycles. The monoisotopic (exact) mass is 463 g/mol. The summed E-state index contributed by atoms with van der Waals surface area (Å²) in [5.74, 6) is -2.01. The molecule has 10 heteroatoms. The molecule has 0 amide bonds. The number of benzene rings is 2. The first kappa shape index (κ1) is 24.0. The van der Waals surface area contributed by atoms with Gasteiger partial charge in [-0.05, 0) is 54.3 Å². The molecule has 174 valence electrons. The van der Waals surface area contributed by atoms with Crippen molar-refractivity contribution >= 4 is 5.97 Å². The number of halogens is 7. The Hall–Kier alpha value is -2.62. The van der Waals surface area contributed by atoms with Gasteiger partial charge in [-0.3, -0.25) is 4.79 Å². The van der Waals surface area contributed by atoms with Crippen LogP contribution in [0.1, 0.15) is 41.0 Å². The van der Waals surface area contributed by atoms with Crippen LogP contribution in [-0.4, -0.2) is 19.1 Å². The zero-order chi connectivity index (χ0) is 23.7. The lowest BCUT2D eigenvalue weighted by Crippen LogP contribution is -2.34. The van der Waals surface area contributed by atoms with Crippen LogP contribution in [0.15, 0.2) is 42.5 Å². The van der Waals surface area contributed by atoms with Crippen molar-refractivity contribution in [3.8, 4) is 0 Å². The second kappa shape index (κ2) is 9.09. The van der Waals surface area contributed by atoms with E-state index < -0.39 is 53.1 Å². The molecule has 0 unspecified atom stereocenters. The number of alkyl halides is 6. The Bertz CT molecular complexity index is 922. The Morgan fingerprint density at radius 1 is 0.969 bits per heavy atom. The number of carbonyl (C=O) groups is 1. The number of nitrogens with one attached hydrogen (secondary N) is 1. The van der Waals surface area contributed by atoms with E-state index in [4.69, 9.17) is 4.74 Å². The molecule has 1 aliphatic rings. The molecule has 0 heterocycles. The molecule has 1 fully saturated rings. The molecule has 2 aromatic rings. The highest BCUT2D eigenvalue weighted by Gasteiger charge is 2.42. The van der Waals surface area contributed by atoms with Gasteiger partial charge in [0.15, 0.2) is 0 Å². The van der Waals surface area contributed by atoms with Crippen molar-refractivity contribution in [2.75, 3.05) is 7.11 Å². The van der Waals surface area contributed by atoms with Crippen LogP contribution >= 0.6 is 0 Å². The predicted molar refractivity (Wildman–Crippen MR) is 101 cm³/mol. The quantitative estimate of drug-likeness (QED) is 0.458. The minimum absolute atomic E-state index is 0.0771. The van der Waals surface area contributed by atoms with Crippen molar-refractivity contribution in [3.63, 3.8) is 0 Å². The minimum Gasteiger partial charge on any atom is -0.469 e. The van der Waals surface area contributed by atoms with Crippen molar-refractivity contribution in [1.29, 1.82) is 0 Å². The Labute approximate surface area is 179 Å². The normalized spacial score (nSPS) is 21.6. The van der Waals surface area contributed by atoms with Crippen molar-refractivity contribution in [2.45, 2.75) is 43.7 Å². The maximum absolute atomic E-state index is 13.3. The average molecular weight is 463 g/mol. The summed E-state index contributed by atoms with van der Waals surface area (Å²) in [6.45, 7) is -0.275. The smallest absolute Gasteiger partial charge is 0.416 e. The fourth-order valence-corrected chi connectivity index (χ4v) is 4.16. The molecule has 0 aliphatic heterocycles. The van der Waals surface area contributed by atoms with Crippen LogP contribution in [0.5, 0.6) is 0 Å². The third-order valence-electron chi connectivity index (χ3n) is 5.63. The molecule has 3 atom stereocenters. The minimum atomic E-state index is -4.93. The summed E-state index contributed by atoms with van der Waals surface area (Å²) in [6, 6.07) is 6.43. The number of hydrogen-bond donors (Lipinski definition) is 1. The summed E-state index contributed by atoms with van der Waals surface area (Å²) in [4.78, 5) is 12.2. The number of rotatable bonds is 5. The Morgan fingerprint density at radius 2 is 1.53 bits per heavy atom. The van der Waals surface area contributed by atoms with Gasteiger partial charge in [0.1, 0.15) is 5.82 Å². The lowest BCUT2D eigenvalue weighted by molar-refractivity contribution is -0.146. The highest BCUT2D eigenvalue weighted by atomic mass is 19.4. The van der Waals surface area contributed by atoms with Gasteiger partial charge in [-0.25, -0.2) is 4.39 Å². The van der Waals surface area contributed by atoms with Gasteiger partial charge in [-0.2, -0.15) is 26.3 Å². The molecule has 1 saturated carbocycles. The third kappa shape index (κ3) is 5.40. The molecular weight excluding hydrogens is 443 g/mol. The van der Waals surface area contributed by atoms with Gasteiger partial charge in [0.25, 0.3) is 0 Å². The molecule has 1 aliphatic carbocycles. The van der Waals surface area contributed by atoms with Gasteiger partial charge in [0.2, 0.25) is 0 Å². The van der Waals surface area contributed by atoms with E-state index in [-0.39, 0.29) is 18.2 Å². The fourth-order valence-electron chi connectivity index (χ4n) is 4.16. The third-order valence-corrected chi connectivity index (χ3v) is 5.63. The lowest BCUT2D eigenvalue weighted by atomic mass is 9.86. The van der Waals surface area contributed by atoms with Crippen molar-refractivity contribution in [2.24, 2.45) is 5.92 Å². The highest BCUT2D eigenvalue weighted by molar-refractivity contribution is 5.74. The van der Waals surface area contributed by atoms with Crippen LogP contribution in [0.3, 0.4) is 0 Å². The second-order valence-corrected chi connectivity index (χ2v) is 7.69. The Morgan fingerprint density at radius 3 is 2.03 bits per heavy atom. The summed E-state index contributed by atoms with van der Waals surface area (Å²) in [5, 5.41) is 2.99. The molecule has 2 aromatic carbocycles. The molecule has 0 spiro atoms. The van der Waals surface area contributed by atoms with Crippen molar-refractivity contribution in [1.82, 2.24) is 5.32 Å². The second-order valence-electron chi connectivity index (χ2n) is 7.69. The molecule has 1 N–H and O–H groups in total. The van der Waals surface area contributed by atoms with Crippen LogP contribution in [0.25, 0.3) is 0 Å². The van der Waals surface area contributed by atoms with E-state index in [1.807, 2.05) is 0 Å². The van der Waals surface area contributed by atoms with E-state index in [0.717, 1.165) is 0 Å². The summed E-state index contributed by atoms with van der Waals surface area (Å²) in [6.07, 6.45) is -9.03. The van der Waals surface area contributed by atoms with E-state index >= 15 is 0 Å². The first-order valence-electron chi connectivity index (χ1n) is 9.75.